The van der Waals surface area contributed by atoms with Crippen molar-refractivity contribution in [2.24, 2.45) is 0 Å². The maximum Gasteiger partial charge on any atom is 0.354 e. The molecule has 0 radical (unpaired) electrons. The lowest BCUT2D eigenvalue weighted by Crippen LogP contribution is -2.22. The molecule has 58 valence electrons. The van der Waals surface area contributed by atoms with E-state index in [1.165, 1.54) is 0 Å². The molecule has 0 atom stereocenters. The van der Waals surface area contributed by atoms with E-state index >= 15 is 0 Å². The Bertz CT molecular complexity index is 127. The van der Waals surface area contributed by atoms with Crippen molar-refractivity contribution >= 4 is 0 Å². The molecule has 0 aromatic rings. The van der Waals surface area contributed by atoms with E-state index in [9.17, 15) is 20.2 Å². The summed E-state index contributed by atoms with van der Waals surface area (Å²) >= 11 is 0. The molecule has 0 saturated heterocycles. The molecule has 9 nitrogen and oxygen atoms in total. The van der Waals surface area contributed by atoms with Crippen molar-refractivity contribution in [3.63, 3.8) is 0 Å². The highest BCUT2D eigenvalue weighted by Gasteiger charge is 2.11. The molecule has 0 aromatic carbocycles. The van der Waals surface area contributed by atoms with Crippen LogP contribution in [0.25, 0.3) is 0 Å². The van der Waals surface area contributed by atoms with Crippen molar-refractivity contribution in [2.75, 3.05) is 0 Å². The predicted molar refractivity (Wildman–Crippen MR) is 22.2 cm³/mol. The molecule has 0 saturated carbocycles. The Kier molecular flexibility index (Phi) is 2.84. The highest BCUT2D eigenvalue weighted by Crippen LogP contribution is 1.88. The number of aliphatic hydroxyl groups excluding tert-OH is 1. The maximum atomic E-state index is 9.31. The van der Waals surface area contributed by atoms with Crippen LogP contribution in [-0.4, -0.2) is 21.8 Å². The van der Waals surface area contributed by atoms with E-state index in [1.54, 1.807) is 0 Å². The fourth-order valence-electron chi connectivity index (χ4n) is 0.166. The summed E-state index contributed by atoms with van der Waals surface area (Å²) in [7, 11) is 0. The topological polar surface area (TPSA) is 125 Å². The second-order valence-electron chi connectivity index (χ2n) is 0.965. The summed E-state index contributed by atoms with van der Waals surface area (Å²) in [6.07, 6.45) is 0. The van der Waals surface area contributed by atoms with E-state index in [0.29, 0.717) is 0 Å². The summed E-state index contributed by atoms with van der Waals surface area (Å²) in [5.41, 5.74) is 0. The first-order chi connectivity index (χ1) is 4.52. The third-order valence-electron chi connectivity index (χ3n) is 0.352. The highest BCUT2D eigenvalue weighted by atomic mass is 17.1. The Labute approximate surface area is 53.0 Å². The molecule has 1 N–H and O–H groups in total. The molecular weight excluding hydrogens is 152 g/mol. The minimum absolute atomic E-state index is 1.42. The number of aliphatic hydroxyl groups is 1. The van der Waals surface area contributed by atoms with E-state index in [4.69, 9.17) is 5.11 Å². The van der Waals surface area contributed by atoms with Gasteiger partial charge in [0.15, 0.2) is 0 Å². The van der Waals surface area contributed by atoms with Gasteiger partial charge in [-0.3, -0.25) is 9.68 Å². The fraction of sp³-hybridized carbons (Fsp3) is 1.00. The zero-order valence-corrected chi connectivity index (χ0v) is 4.37. The lowest BCUT2D eigenvalue weighted by atomic mass is 11.3. The second kappa shape index (κ2) is 3.40. The summed E-state index contributed by atoms with van der Waals surface area (Å²) in [5.74, 6) is 0. The van der Waals surface area contributed by atoms with Crippen LogP contribution in [0, 0.1) is 20.2 Å². The molecule has 9 heteroatoms. The zero-order chi connectivity index (χ0) is 8.15. The molecule has 0 fully saturated rings. The molecule has 0 aliphatic heterocycles. The first-order valence-electron chi connectivity index (χ1n) is 1.83. The van der Waals surface area contributed by atoms with Gasteiger partial charge in [-0.25, -0.2) is 0 Å². The van der Waals surface area contributed by atoms with Crippen LogP contribution in [-0.2, 0) is 9.68 Å². The Morgan fingerprint density at radius 3 is 1.70 bits per heavy atom. The summed E-state index contributed by atoms with van der Waals surface area (Å²) in [4.78, 5) is 25.0. The number of nitrogens with zero attached hydrogens (tertiary/aromatic N) is 2. The van der Waals surface area contributed by atoms with Crippen LogP contribution < -0.4 is 0 Å². The molecule has 0 bridgehead atoms. The molecule has 0 aliphatic carbocycles. The third kappa shape index (κ3) is 4.52. The molecule has 0 amide bonds. The van der Waals surface area contributed by atoms with Gasteiger partial charge >= 0.3 is 6.48 Å². The number of hydrogen-bond acceptors (Lipinski definition) is 7. The summed E-state index contributed by atoms with van der Waals surface area (Å²) in [5, 5.41) is 23.8. The first-order valence-corrected chi connectivity index (χ1v) is 1.83. The van der Waals surface area contributed by atoms with Crippen molar-refractivity contribution in [2.45, 2.75) is 6.48 Å². The molecule has 0 aliphatic rings. The third-order valence-corrected chi connectivity index (χ3v) is 0.352. The van der Waals surface area contributed by atoms with E-state index in [2.05, 4.69) is 9.68 Å². The van der Waals surface area contributed by atoms with Gasteiger partial charge in [0.25, 0.3) is 10.2 Å². The van der Waals surface area contributed by atoms with Crippen molar-refractivity contribution < 1.29 is 25.0 Å². The van der Waals surface area contributed by atoms with Crippen LogP contribution in [0.1, 0.15) is 0 Å². The standard InChI is InChI=1S/CH2N2O7/c4-1(9-2(5)6)10-3(7)8/h1,4H. The predicted octanol–water partition coefficient (Wildman–Crippen LogP) is -1.32. The van der Waals surface area contributed by atoms with Crippen molar-refractivity contribution in [3.8, 4) is 0 Å². The Hall–Kier alpha value is -1.64. The van der Waals surface area contributed by atoms with Crippen LogP contribution >= 0.6 is 0 Å². The first kappa shape index (κ1) is 8.36. The van der Waals surface area contributed by atoms with Gasteiger partial charge in [0, 0.05) is 0 Å². The zero-order valence-electron chi connectivity index (χ0n) is 4.37. The SMILES string of the molecule is O=[N+]([O-])OC(O)O[N+](=O)[O-]. The molecule has 0 spiro atoms. The Morgan fingerprint density at radius 2 is 1.50 bits per heavy atom. The van der Waals surface area contributed by atoms with E-state index in [0.717, 1.165) is 0 Å². The Balaban J connectivity index is 3.53. The fourth-order valence-corrected chi connectivity index (χ4v) is 0.166. The second-order valence-corrected chi connectivity index (χ2v) is 0.965. The molecule has 0 heterocycles. The lowest BCUT2D eigenvalue weighted by Gasteiger charge is -2.02. The van der Waals surface area contributed by atoms with Crippen molar-refractivity contribution in [1.29, 1.82) is 0 Å². The van der Waals surface area contributed by atoms with E-state index < -0.39 is 16.6 Å². The van der Waals surface area contributed by atoms with Gasteiger partial charge in [-0.05, 0) is 0 Å². The number of hydrogen-bond donors (Lipinski definition) is 1. The Morgan fingerprint density at radius 1 is 1.20 bits per heavy atom. The molecule has 10 heavy (non-hydrogen) atoms. The normalized spacial score (nSPS) is 9.00. The van der Waals surface area contributed by atoms with Gasteiger partial charge in [0.2, 0.25) is 0 Å². The van der Waals surface area contributed by atoms with Crippen LogP contribution in [0.3, 0.4) is 0 Å². The highest BCUT2D eigenvalue weighted by molar-refractivity contribution is 3.99. The van der Waals surface area contributed by atoms with E-state index in [1.807, 2.05) is 0 Å². The van der Waals surface area contributed by atoms with Gasteiger partial charge in [0.05, 0.1) is 0 Å². The average molecular weight is 154 g/mol. The molecule has 0 unspecified atom stereocenters. The van der Waals surface area contributed by atoms with Crippen LogP contribution in [0.15, 0.2) is 0 Å². The monoisotopic (exact) mass is 154 g/mol. The van der Waals surface area contributed by atoms with Crippen molar-refractivity contribution in [3.05, 3.63) is 20.2 Å². The summed E-state index contributed by atoms with van der Waals surface area (Å²) in [6, 6.07) is 0. The van der Waals surface area contributed by atoms with Gasteiger partial charge in [-0.15, -0.1) is 20.2 Å². The van der Waals surface area contributed by atoms with E-state index in [-0.39, 0.29) is 0 Å². The minimum Gasteiger partial charge on any atom is -0.348 e. The van der Waals surface area contributed by atoms with Gasteiger partial charge in [-0.2, -0.15) is 0 Å². The summed E-state index contributed by atoms with van der Waals surface area (Å²) in [6.45, 7) is -2.48. The van der Waals surface area contributed by atoms with Crippen molar-refractivity contribution in [1.82, 2.24) is 0 Å². The van der Waals surface area contributed by atoms with Gasteiger partial charge in [0.1, 0.15) is 0 Å². The number of rotatable bonds is 4. The van der Waals surface area contributed by atoms with Crippen LogP contribution in [0.2, 0.25) is 0 Å². The smallest absolute Gasteiger partial charge is 0.348 e. The quantitative estimate of drug-likeness (QED) is 0.302. The molecular formula is CH2N2O7. The maximum absolute atomic E-state index is 9.31. The van der Waals surface area contributed by atoms with Gasteiger partial charge < -0.3 is 5.11 Å². The van der Waals surface area contributed by atoms with Crippen LogP contribution in [0.4, 0.5) is 0 Å². The molecule has 0 aromatic heterocycles. The van der Waals surface area contributed by atoms with Gasteiger partial charge in [-0.1, -0.05) is 0 Å². The largest absolute Gasteiger partial charge is 0.354 e. The lowest BCUT2D eigenvalue weighted by molar-refractivity contribution is -0.868. The van der Waals surface area contributed by atoms with Crippen LogP contribution in [0.5, 0.6) is 0 Å². The molecule has 0 rings (SSSR count). The summed E-state index contributed by atoms with van der Waals surface area (Å²) < 4.78 is 0. The minimum atomic E-state index is -2.48. The average Bonchev–Trinajstić information content (AvgIpc) is 1.58.